The normalized spacial score (nSPS) is 11.1. The summed E-state index contributed by atoms with van der Waals surface area (Å²) in [5.41, 5.74) is 2.48. The lowest BCUT2D eigenvalue weighted by Gasteiger charge is -2.09. The van der Waals surface area contributed by atoms with Crippen LogP contribution in [0.5, 0.6) is 11.5 Å². The minimum absolute atomic E-state index is 0.735. The third-order valence-corrected chi connectivity index (χ3v) is 5.61. The number of hydrogen-bond donors (Lipinski definition) is 0. The predicted octanol–water partition coefficient (Wildman–Crippen LogP) is 3.77. The molecule has 0 atom stereocenters. The summed E-state index contributed by atoms with van der Waals surface area (Å²) in [5.74, 6) is 2.36. The lowest BCUT2D eigenvalue weighted by molar-refractivity contribution is 0.354. The Morgan fingerprint density at radius 3 is 2.39 bits per heavy atom. The first-order valence-electron chi connectivity index (χ1n) is 9.21. The van der Waals surface area contributed by atoms with Gasteiger partial charge in [-0.1, -0.05) is 47.7 Å². The van der Waals surface area contributed by atoms with Crippen molar-refractivity contribution in [1.29, 1.82) is 0 Å². The van der Waals surface area contributed by atoms with Gasteiger partial charge in [0.25, 0.3) is 0 Å². The van der Waals surface area contributed by atoms with E-state index in [1.54, 1.807) is 25.6 Å². The maximum absolute atomic E-state index is 5.38. The number of aromatic nitrogens is 4. The molecule has 7 heteroatoms. The molecule has 0 unspecified atom stereocenters. The molecule has 4 aromatic rings. The highest BCUT2D eigenvalue weighted by Gasteiger charge is 2.12. The standard InChI is InChI=1S/C21H22N4O2S/c1-26-17-11-8-16(14-18(17)27-2)9-12-19-22-23-21-25(19)24-20(28-21)13-10-15-6-4-3-5-7-15/h3-8,11,14H,9-10,12-13H2,1-2H3. The van der Waals surface area contributed by atoms with Crippen LogP contribution in [0.3, 0.4) is 0 Å². The fraction of sp³-hybridized carbons (Fsp3) is 0.286. The Morgan fingerprint density at radius 2 is 1.61 bits per heavy atom. The summed E-state index contributed by atoms with van der Waals surface area (Å²) < 4.78 is 12.6. The van der Waals surface area contributed by atoms with Gasteiger partial charge < -0.3 is 9.47 Å². The topological polar surface area (TPSA) is 61.5 Å². The van der Waals surface area contributed by atoms with Gasteiger partial charge in [-0.15, -0.1) is 10.2 Å². The zero-order valence-corrected chi connectivity index (χ0v) is 16.8. The van der Waals surface area contributed by atoms with Crippen molar-refractivity contribution >= 4 is 16.3 Å². The van der Waals surface area contributed by atoms with Gasteiger partial charge in [0.1, 0.15) is 5.01 Å². The quantitative estimate of drug-likeness (QED) is 0.455. The van der Waals surface area contributed by atoms with Crippen LogP contribution in [0.2, 0.25) is 0 Å². The summed E-state index contributed by atoms with van der Waals surface area (Å²) in [5, 5.41) is 14.4. The molecule has 6 nitrogen and oxygen atoms in total. The van der Waals surface area contributed by atoms with E-state index < -0.39 is 0 Å². The monoisotopic (exact) mass is 394 g/mol. The number of rotatable bonds is 8. The van der Waals surface area contributed by atoms with Gasteiger partial charge in [0.05, 0.1) is 14.2 Å². The highest BCUT2D eigenvalue weighted by Crippen LogP contribution is 2.28. The third-order valence-electron chi connectivity index (χ3n) is 4.65. The number of nitrogens with zero attached hydrogens (tertiary/aromatic N) is 4. The average Bonchev–Trinajstić information content (AvgIpc) is 3.32. The summed E-state index contributed by atoms with van der Waals surface area (Å²) in [6.45, 7) is 0. The molecule has 0 N–H and O–H groups in total. The Bertz CT molecular complexity index is 1060. The number of hydrogen-bond acceptors (Lipinski definition) is 6. The highest BCUT2D eigenvalue weighted by molar-refractivity contribution is 7.16. The molecule has 0 fully saturated rings. The second-order valence-corrected chi connectivity index (χ2v) is 7.52. The van der Waals surface area contributed by atoms with Crippen molar-refractivity contribution < 1.29 is 9.47 Å². The number of benzene rings is 2. The first-order chi connectivity index (χ1) is 13.8. The summed E-state index contributed by atoms with van der Waals surface area (Å²) in [6, 6.07) is 16.5. The zero-order chi connectivity index (χ0) is 19.3. The van der Waals surface area contributed by atoms with E-state index in [1.165, 1.54) is 5.56 Å². The fourth-order valence-corrected chi connectivity index (χ4v) is 3.99. The minimum Gasteiger partial charge on any atom is -0.493 e. The Kier molecular flexibility index (Phi) is 5.53. The molecule has 0 saturated heterocycles. The van der Waals surface area contributed by atoms with Crippen molar-refractivity contribution in [3.05, 3.63) is 70.5 Å². The molecule has 0 saturated carbocycles. The van der Waals surface area contributed by atoms with Crippen LogP contribution in [0.15, 0.2) is 48.5 Å². The molecule has 4 rings (SSSR count). The van der Waals surface area contributed by atoms with Gasteiger partial charge in [-0.3, -0.25) is 0 Å². The summed E-state index contributed by atoms with van der Waals surface area (Å²) >= 11 is 1.61. The van der Waals surface area contributed by atoms with E-state index in [0.717, 1.165) is 58.5 Å². The average molecular weight is 395 g/mol. The van der Waals surface area contributed by atoms with Crippen LogP contribution in [-0.2, 0) is 25.7 Å². The van der Waals surface area contributed by atoms with Crippen molar-refractivity contribution in [2.24, 2.45) is 0 Å². The van der Waals surface area contributed by atoms with Crippen molar-refractivity contribution in [1.82, 2.24) is 19.8 Å². The highest BCUT2D eigenvalue weighted by atomic mass is 32.1. The molecule has 0 amide bonds. The van der Waals surface area contributed by atoms with Crippen LogP contribution in [0.4, 0.5) is 0 Å². The first kappa shape index (κ1) is 18.4. The van der Waals surface area contributed by atoms with Gasteiger partial charge in [0, 0.05) is 12.8 Å². The van der Waals surface area contributed by atoms with E-state index in [1.807, 2.05) is 28.8 Å². The van der Waals surface area contributed by atoms with Crippen molar-refractivity contribution in [3.8, 4) is 11.5 Å². The second kappa shape index (κ2) is 8.39. The zero-order valence-electron chi connectivity index (χ0n) is 16.0. The molecule has 28 heavy (non-hydrogen) atoms. The Labute approximate surface area is 167 Å². The molecule has 0 spiro atoms. The van der Waals surface area contributed by atoms with Crippen molar-refractivity contribution in [3.63, 3.8) is 0 Å². The van der Waals surface area contributed by atoms with Crippen LogP contribution in [0.1, 0.15) is 22.0 Å². The molecule has 0 aliphatic heterocycles. The number of ether oxygens (including phenoxy) is 2. The summed E-state index contributed by atoms with van der Waals surface area (Å²) in [7, 11) is 3.29. The third kappa shape index (κ3) is 3.99. The predicted molar refractivity (Wildman–Crippen MR) is 109 cm³/mol. The van der Waals surface area contributed by atoms with E-state index >= 15 is 0 Å². The van der Waals surface area contributed by atoms with E-state index in [2.05, 4.69) is 34.5 Å². The van der Waals surface area contributed by atoms with Crippen LogP contribution < -0.4 is 9.47 Å². The lowest BCUT2D eigenvalue weighted by atomic mass is 10.1. The van der Waals surface area contributed by atoms with Crippen molar-refractivity contribution in [2.45, 2.75) is 25.7 Å². The number of fused-ring (bicyclic) bond motifs is 1. The first-order valence-corrected chi connectivity index (χ1v) is 10.0. The van der Waals surface area contributed by atoms with Crippen LogP contribution in [0.25, 0.3) is 4.96 Å². The van der Waals surface area contributed by atoms with Crippen LogP contribution in [-0.4, -0.2) is 34.0 Å². The smallest absolute Gasteiger partial charge is 0.234 e. The molecule has 144 valence electrons. The van der Waals surface area contributed by atoms with E-state index in [9.17, 15) is 0 Å². The molecule has 0 radical (unpaired) electrons. The minimum atomic E-state index is 0.735. The Balaban J connectivity index is 1.44. The van der Waals surface area contributed by atoms with Gasteiger partial charge in [0.2, 0.25) is 4.96 Å². The second-order valence-electron chi connectivity index (χ2n) is 6.48. The van der Waals surface area contributed by atoms with E-state index in [4.69, 9.17) is 14.6 Å². The number of aryl methyl sites for hydroxylation is 4. The largest absolute Gasteiger partial charge is 0.493 e. The Morgan fingerprint density at radius 1 is 0.821 bits per heavy atom. The van der Waals surface area contributed by atoms with E-state index in [-0.39, 0.29) is 0 Å². The summed E-state index contributed by atoms with van der Waals surface area (Å²) in [4.78, 5) is 0.852. The molecule has 2 aromatic heterocycles. The van der Waals surface area contributed by atoms with Gasteiger partial charge in [-0.05, 0) is 36.1 Å². The lowest BCUT2D eigenvalue weighted by Crippen LogP contribution is -2.01. The fourth-order valence-electron chi connectivity index (χ4n) is 3.14. The van der Waals surface area contributed by atoms with Gasteiger partial charge in [-0.25, -0.2) is 0 Å². The van der Waals surface area contributed by atoms with Crippen LogP contribution in [0, 0.1) is 0 Å². The molecule has 2 aromatic carbocycles. The Hall–Kier alpha value is -2.93. The summed E-state index contributed by atoms with van der Waals surface area (Å²) in [6.07, 6.45) is 3.48. The maximum Gasteiger partial charge on any atom is 0.234 e. The molecule has 2 heterocycles. The van der Waals surface area contributed by atoms with Crippen LogP contribution >= 0.6 is 11.3 Å². The maximum atomic E-state index is 5.38. The molecule has 0 aliphatic rings. The van der Waals surface area contributed by atoms with Gasteiger partial charge >= 0.3 is 0 Å². The number of methoxy groups -OCH3 is 2. The van der Waals surface area contributed by atoms with Gasteiger partial charge in [-0.2, -0.15) is 9.61 Å². The molecular formula is C21H22N4O2S. The van der Waals surface area contributed by atoms with Gasteiger partial charge in [0.15, 0.2) is 17.3 Å². The van der Waals surface area contributed by atoms with Crippen molar-refractivity contribution in [2.75, 3.05) is 14.2 Å². The SMILES string of the molecule is COc1ccc(CCc2nnc3sc(CCc4ccccc4)nn23)cc1OC. The molecule has 0 aliphatic carbocycles. The molecular weight excluding hydrogens is 372 g/mol. The molecule has 0 bridgehead atoms. The van der Waals surface area contributed by atoms with E-state index in [0.29, 0.717) is 0 Å².